The van der Waals surface area contributed by atoms with Gasteiger partial charge in [0.1, 0.15) is 9.84 Å². The van der Waals surface area contributed by atoms with Gasteiger partial charge >= 0.3 is 0 Å². The third-order valence-electron chi connectivity index (χ3n) is 4.36. The van der Waals surface area contributed by atoms with Crippen LogP contribution in [0, 0.1) is 0 Å². The number of benzene rings is 1. The average Bonchev–Trinajstić information content (AvgIpc) is 2.45. The summed E-state index contributed by atoms with van der Waals surface area (Å²) in [6.07, 6.45) is 4.91. The molecule has 0 aromatic heterocycles. The maximum absolute atomic E-state index is 11.5. The van der Waals surface area contributed by atoms with Gasteiger partial charge in [0.05, 0.1) is 5.25 Å². The Labute approximate surface area is 122 Å². The summed E-state index contributed by atoms with van der Waals surface area (Å²) in [5, 5.41) is 3.48. The van der Waals surface area contributed by atoms with Crippen LogP contribution >= 0.6 is 0 Å². The van der Waals surface area contributed by atoms with Crippen molar-refractivity contribution in [2.45, 2.75) is 49.8 Å². The van der Waals surface area contributed by atoms with E-state index < -0.39 is 9.84 Å². The first kappa shape index (κ1) is 15.5. The Morgan fingerprint density at radius 2 is 1.75 bits per heavy atom. The zero-order valence-electron chi connectivity index (χ0n) is 12.4. The van der Waals surface area contributed by atoms with Crippen molar-refractivity contribution in [2.75, 3.05) is 12.8 Å². The number of rotatable bonds is 5. The van der Waals surface area contributed by atoms with Crippen molar-refractivity contribution in [1.82, 2.24) is 5.32 Å². The van der Waals surface area contributed by atoms with E-state index in [-0.39, 0.29) is 5.25 Å². The van der Waals surface area contributed by atoms with Gasteiger partial charge in [-0.15, -0.1) is 0 Å². The molecule has 1 aliphatic rings. The smallest absolute Gasteiger partial charge is 0.150 e. The predicted molar refractivity (Wildman–Crippen MR) is 83.7 cm³/mol. The molecule has 0 unspecified atom stereocenters. The van der Waals surface area contributed by atoms with E-state index in [4.69, 9.17) is 0 Å². The fourth-order valence-electron chi connectivity index (χ4n) is 2.94. The molecule has 1 saturated carbocycles. The lowest BCUT2D eigenvalue weighted by atomic mass is 9.94. The fraction of sp³-hybridized carbons (Fsp3) is 0.625. The first-order valence-electron chi connectivity index (χ1n) is 7.44. The molecule has 4 heteroatoms. The predicted octanol–water partition coefficient (Wildman–Crippen LogP) is 2.74. The van der Waals surface area contributed by atoms with Gasteiger partial charge in [-0.2, -0.15) is 0 Å². The summed E-state index contributed by atoms with van der Waals surface area (Å²) in [7, 11) is -2.85. The third kappa shape index (κ3) is 4.32. The van der Waals surface area contributed by atoms with E-state index in [0.717, 1.165) is 32.2 Å². The molecule has 1 N–H and O–H groups in total. The minimum Gasteiger partial charge on any atom is -0.313 e. The van der Waals surface area contributed by atoms with Crippen molar-refractivity contribution < 1.29 is 8.42 Å². The molecule has 1 fully saturated rings. The Balaban J connectivity index is 1.77. The lowest BCUT2D eigenvalue weighted by Gasteiger charge is -2.29. The molecule has 0 saturated heterocycles. The van der Waals surface area contributed by atoms with Crippen molar-refractivity contribution in [3.63, 3.8) is 0 Å². The van der Waals surface area contributed by atoms with Crippen LogP contribution in [0.4, 0.5) is 0 Å². The van der Waals surface area contributed by atoms with Gasteiger partial charge in [-0.25, -0.2) is 8.42 Å². The molecule has 0 spiro atoms. The summed E-state index contributed by atoms with van der Waals surface area (Å²) in [6.45, 7) is 3.18. The largest absolute Gasteiger partial charge is 0.313 e. The normalized spacial score (nSPS) is 25.3. The molecule has 2 rings (SSSR count). The van der Waals surface area contributed by atoms with E-state index in [9.17, 15) is 8.42 Å². The molecule has 20 heavy (non-hydrogen) atoms. The van der Waals surface area contributed by atoms with E-state index in [1.807, 2.05) is 6.07 Å². The lowest BCUT2D eigenvalue weighted by molar-refractivity contribution is 0.366. The van der Waals surface area contributed by atoms with E-state index in [2.05, 4.69) is 36.5 Å². The standard InChI is InChI=1S/C16H25NO2S/c1-13(14-6-4-3-5-7-14)12-17-15-8-10-16(11-9-15)20(2,18)19/h3-7,13,15-17H,8-12H2,1-2H3/t13-,15?,16?/m1/s1. The first-order chi connectivity index (χ1) is 9.47. The molecule has 0 bridgehead atoms. The summed E-state index contributed by atoms with van der Waals surface area (Å²) in [6, 6.07) is 11.0. The molecule has 0 amide bonds. The second kappa shape index (κ2) is 6.72. The zero-order valence-corrected chi connectivity index (χ0v) is 13.2. The Kier molecular flexibility index (Phi) is 5.22. The number of sulfone groups is 1. The third-order valence-corrected chi connectivity index (χ3v) is 6.04. The first-order valence-corrected chi connectivity index (χ1v) is 9.39. The molecular weight excluding hydrogens is 270 g/mol. The Bertz CT molecular complexity index is 505. The van der Waals surface area contributed by atoms with Gasteiger partial charge in [-0.3, -0.25) is 0 Å². The highest BCUT2D eigenvalue weighted by molar-refractivity contribution is 7.91. The van der Waals surface area contributed by atoms with Crippen LogP contribution in [-0.4, -0.2) is 32.5 Å². The quantitative estimate of drug-likeness (QED) is 0.908. The molecule has 1 atom stereocenters. The van der Waals surface area contributed by atoms with Crippen LogP contribution in [0.5, 0.6) is 0 Å². The SMILES string of the molecule is C[C@H](CNC1CCC(S(C)(=O)=O)CC1)c1ccccc1. The van der Waals surface area contributed by atoms with Gasteiger partial charge < -0.3 is 5.32 Å². The maximum atomic E-state index is 11.5. The minimum absolute atomic E-state index is 0.118. The highest BCUT2D eigenvalue weighted by Crippen LogP contribution is 2.24. The molecule has 112 valence electrons. The van der Waals surface area contributed by atoms with Crippen molar-refractivity contribution >= 4 is 9.84 Å². The number of hydrogen-bond acceptors (Lipinski definition) is 3. The van der Waals surface area contributed by atoms with Crippen LogP contribution < -0.4 is 5.32 Å². The highest BCUT2D eigenvalue weighted by Gasteiger charge is 2.27. The fourth-order valence-corrected chi connectivity index (χ4v) is 4.07. The molecule has 1 aromatic rings. The molecule has 0 radical (unpaired) electrons. The van der Waals surface area contributed by atoms with E-state index in [0.29, 0.717) is 12.0 Å². The molecule has 3 nitrogen and oxygen atoms in total. The van der Waals surface area contributed by atoms with Gasteiger partial charge in [0.15, 0.2) is 0 Å². The molecule has 0 heterocycles. The zero-order chi connectivity index (χ0) is 14.6. The molecule has 1 aromatic carbocycles. The van der Waals surface area contributed by atoms with Crippen molar-refractivity contribution in [3.05, 3.63) is 35.9 Å². The molecular formula is C16H25NO2S. The number of hydrogen-bond donors (Lipinski definition) is 1. The van der Waals surface area contributed by atoms with Gasteiger partial charge in [-0.1, -0.05) is 37.3 Å². The summed E-state index contributed by atoms with van der Waals surface area (Å²) >= 11 is 0. The summed E-state index contributed by atoms with van der Waals surface area (Å²) < 4.78 is 23.0. The Morgan fingerprint density at radius 1 is 1.15 bits per heavy atom. The van der Waals surface area contributed by atoms with Gasteiger partial charge in [0.25, 0.3) is 0 Å². The monoisotopic (exact) mass is 295 g/mol. The molecule has 0 aliphatic heterocycles. The van der Waals surface area contributed by atoms with Crippen LogP contribution in [0.25, 0.3) is 0 Å². The van der Waals surface area contributed by atoms with Crippen molar-refractivity contribution in [1.29, 1.82) is 0 Å². The van der Waals surface area contributed by atoms with Crippen LogP contribution in [0.1, 0.15) is 44.1 Å². The highest BCUT2D eigenvalue weighted by atomic mass is 32.2. The minimum atomic E-state index is -2.85. The second-order valence-electron chi connectivity index (χ2n) is 6.02. The summed E-state index contributed by atoms with van der Waals surface area (Å²) in [4.78, 5) is 0. The van der Waals surface area contributed by atoms with Gasteiger partial charge in [0, 0.05) is 18.8 Å². The number of nitrogens with one attached hydrogen (secondary N) is 1. The summed E-state index contributed by atoms with van der Waals surface area (Å²) in [5.41, 5.74) is 1.35. The average molecular weight is 295 g/mol. The Morgan fingerprint density at radius 3 is 2.30 bits per heavy atom. The van der Waals surface area contributed by atoms with Gasteiger partial charge in [0.2, 0.25) is 0 Å². The van der Waals surface area contributed by atoms with Gasteiger partial charge in [-0.05, 0) is 37.2 Å². The van der Waals surface area contributed by atoms with E-state index in [1.165, 1.54) is 11.8 Å². The van der Waals surface area contributed by atoms with Crippen molar-refractivity contribution in [3.8, 4) is 0 Å². The molecule has 1 aliphatic carbocycles. The van der Waals surface area contributed by atoms with Crippen LogP contribution in [0.2, 0.25) is 0 Å². The van der Waals surface area contributed by atoms with Crippen LogP contribution in [0.3, 0.4) is 0 Å². The summed E-state index contributed by atoms with van der Waals surface area (Å²) in [5.74, 6) is 0.490. The Hall–Kier alpha value is -0.870. The van der Waals surface area contributed by atoms with E-state index >= 15 is 0 Å². The van der Waals surface area contributed by atoms with Crippen molar-refractivity contribution in [2.24, 2.45) is 0 Å². The van der Waals surface area contributed by atoms with Crippen LogP contribution in [-0.2, 0) is 9.84 Å². The van der Waals surface area contributed by atoms with Crippen LogP contribution in [0.15, 0.2) is 30.3 Å². The lowest BCUT2D eigenvalue weighted by Crippen LogP contribution is -2.38. The van der Waals surface area contributed by atoms with E-state index in [1.54, 1.807) is 0 Å². The topological polar surface area (TPSA) is 46.2 Å². The maximum Gasteiger partial charge on any atom is 0.150 e. The second-order valence-corrected chi connectivity index (χ2v) is 8.35.